The van der Waals surface area contributed by atoms with Crippen molar-refractivity contribution in [1.29, 1.82) is 0 Å². The molecule has 5 nitrogen and oxygen atoms in total. The number of hydrogen-bond donors (Lipinski definition) is 2. The molecule has 27 heavy (non-hydrogen) atoms. The fourth-order valence-electron chi connectivity index (χ4n) is 4.67. The third kappa shape index (κ3) is 2.49. The van der Waals surface area contributed by atoms with Gasteiger partial charge in [-0.15, -0.1) is 0 Å². The summed E-state index contributed by atoms with van der Waals surface area (Å²) >= 11 is 5.31. The number of nitrogens with one attached hydrogen (secondary N) is 2. The molecule has 5 rings (SSSR count). The lowest BCUT2D eigenvalue weighted by molar-refractivity contribution is -0.135. The van der Waals surface area contributed by atoms with E-state index in [0.717, 1.165) is 42.6 Å². The maximum absolute atomic E-state index is 13.2. The van der Waals surface area contributed by atoms with Crippen molar-refractivity contribution in [3.8, 4) is 17.6 Å². The van der Waals surface area contributed by atoms with E-state index in [1.165, 1.54) is 12.8 Å². The van der Waals surface area contributed by atoms with Crippen LogP contribution >= 0.6 is 12.2 Å². The molecule has 2 aliphatic heterocycles. The number of carbonyl (C=O) groups is 1. The van der Waals surface area contributed by atoms with Crippen molar-refractivity contribution in [2.24, 2.45) is 5.92 Å². The van der Waals surface area contributed by atoms with E-state index in [2.05, 4.69) is 22.5 Å². The second-order valence-corrected chi connectivity index (χ2v) is 8.35. The second kappa shape index (κ2) is 5.95. The zero-order valence-electron chi connectivity index (χ0n) is 15.3. The number of amides is 1. The van der Waals surface area contributed by atoms with Crippen molar-refractivity contribution in [1.82, 2.24) is 10.6 Å². The summed E-state index contributed by atoms with van der Waals surface area (Å²) in [7, 11) is 1.74. The highest BCUT2D eigenvalue weighted by molar-refractivity contribution is 7.80. The Morgan fingerprint density at radius 2 is 2.04 bits per heavy atom. The van der Waals surface area contributed by atoms with Crippen LogP contribution in [0.1, 0.15) is 49.7 Å². The molecule has 2 N–H and O–H groups in total. The highest BCUT2D eigenvalue weighted by atomic mass is 32.1. The molecule has 1 aromatic rings. The Kier molecular flexibility index (Phi) is 3.75. The zero-order chi connectivity index (χ0) is 18.6. The van der Waals surface area contributed by atoms with Gasteiger partial charge in [0.25, 0.3) is 5.91 Å². The quantitative estimate of drug-likeness (QED) is 0.577. The van der Waals surface area contributed by atoms with Crippen LogP contribution in [-0.2, 0) is 15.1 Å². The third-order valence-electron chi connectivity index (χ3n) is 6.31. The molecule has 3 fully saturated rings. The molecule has 1 amide bonds. The Hall–Kier alpha value is -2.10. The standard InChI is InChI=1S/C21H22N2O3S/c1-25-15-8-10-20(11-9-15)21(18(24)22-19(27)23-21)16-12-14(5-4-13-2-3-13)6-7-17(16)26-20/h6-7,12-13,15H,2-3,8-11H2,1H3,(H2,22,23,24,27). The Morgan fingerprint density at radius 3 is 2.67 bits per heavy atom. The van der Waals surface area contributed by atoms with Gasteiger partial charge >= 0.3 is 0 Å². The van der Waals surface area contributed by atoms with Gasteiger partial charge in [-0.05, 0) is 68.9 Å². The maximum atomic E-state index is 13.2. The summed E-state index contributed by atoms with van der Waals surface area (Å²) in [5.41, 5.74) is 0.115. The van der Waals surface area contributed by atoms with Gasteiger partial charge in [0.1, 0.15) is 11.4 Å². The van der Waals surface area contributed by atoms with E-state index in [0.29, 0.717) is 11.0 Å². The first-order valence-corrected chi connectivity index (χ1v) is 9.99. The molecule has 0 radical (unpaired) electrons. The smallest absolute Gasteiger partial charge is 0.260 e. The third-order valence-corrected chi connectivity index (χ3v) is 6.52. The highest BCUT2D eigenvalue weighted by Gasteiger charge is 2.68. The molecule has 1 unspecified atom stereocenters. The molecule has 1 atom stereocenters. The summed E-state index contributed by atoms with van der Waals surface area (Å²) in [6.45, 7) is 0. The normalized spacial score (nSPS) is 33.9. The number of rotatable bonds is 1. The lowest BCUT2D eigenvalue weighted by Crippen LogP contribution is -2.62. The molecule has 2 saturated carbocycles. The van der Waals surface area contributed by atoms with Crippen LogP contribution in [0.25, 0.3) is 0 Å². The molecule has 140 valence electrons. The largest absolute Gasteiger partial charge is 0.483 e. The molecule has 2 heterocycles. The van der Waals surface area contributed by atoms with Gasteiger partial charge < -0.3 is 20.1 Å². The van der Waals surface area contributed by atoms with Crippen LogP contribution in [0.4, 0.5) is 0 Å². The minimum atomic E-state index is -0.991. The van der Waals surface area contributed by atoms with Gasteiger partial charge in [-0.2, -0.15) is 0 Å². The summed E-state index contributed by atoms with van der Waals surface area (Å²) in [6, 6.07) is 5.93. The lowest BCUT2D eigenvalue weighted by Gasteiger charge is -2.44. The van der Waals surface area contributed by atoms with Crippen molar-refractivity contribution in [3.05, 3.63) is 29.3 Å². The first-order valence-electron chi connectivity index (χ1n) is 9.58. The van der Waals surface area contributed by atoms with E-state index in [4.69, 9.17) is 21.7 Å². The SMILES string of the molecule is COC1CCC2(CC1)Oc1ccc(C#CC3CC3)cc1C21NC(=S)NC1=O. The monoisotopic (exact) mass is 382 g/mol. The summed E-state index contributed by atoms with van der Waals surface area (Å²) in [6.07, 6.45) is 5.74. The van der Waals surface area contributed by atoms with Crippen molar-refractivity contribution >= 4 is 23.2 Å². The van der Waals surface area contributed by atoms with E-state index in [-0.39, 0.29) is 12.0 Å². The van der Waals surface area contributed by atoms with Crippen molar-refractivity contribution in [2.45, 2.75) is 55.8 Å². The molecule has 2 aliphatic carbocycles. The van der Waals surface area contributed by atoms with Gasteiger partial charge in [-0.1, -0.05) is 11.8 Å². The minimum absolute atomic E-state index is 0.130. The number of ether oxygens (including phenoxy) is 2. The average Bonchev–Trinajstić information content (AvgIpc) is 3.40. The van der Waals surface area contributed by atoms with Crippen molar-refractivity contribution < 1.29 is 14.3 Å². The van der Waals surface area contributed by atoms with Crippen LogP contribution in [-0.4, -0.2) is 29.8 Å². The number of fused-ring (bicyclic) bond motifs is 3. The van der Waals surface area contributed by atoms with E-state index in [1.54, 1.807) is 7.11 Å². The van der Waals surface area contributed by atoms with Gasteiger partial charge in [0.05, 0.1) is 6.10 Å². The number of methoxy groups -OCH3 is 1. The maximum Gasteiger partial charge on any atom is 0.260 e. The molecule has 0 aromatic heterocycles. The fraction of sp³-hybridized carbons (Fsp3) is 0.524. The Bertz CT molecular complexity index is 890. The van der Waals surface area contributed by atoms with Crippen molar-refractivity contribution in [3.63, 3.8) is 0 Å². The second-order valence-electron chi connectivity index (χ2n) is 7.94. The summed E-state index contributed by atoms with van der Waals surface area (Å²) in [5, 5.41) is 6.45. The van der Waals surface area contributed by atoms with E-state index in [1.807, 2.05) is 18.2 Å². The summed E-state index contributed by atoms with van der Waals surface area (Å²) in [4.78, 5) is 13.2. The predicted molar refractivity (Wildman–Crippen MR) is 104 cm³/mol. The first-order chi connectivity index (χ1) is 13.1. The average molecular weight is 382 g/mol. The highest BCUT2D eigenvalue weighted by Crippen LogP contribution is 2.55. The zero-order valence-corrected chi connectivity index (χ0v) is 16.1. The van der Waals surface area contributed by atoms with E-state index >= 15 is 0 Å². The Balaban J connectivity index is 1.59. The Labute approximate surface area is 164 Å². The van der Waals surface area contributed by atoms with Gasteiger partial charge in [0, 0.05) is 24.2 Å². The molecule has 0 bridgehead atoms. The van der Waals surface area contributed by atoms with Gasteiger partial charge in [-0.3, -0.25) is 4.79 Å². The molecule has 2 spiro atoms. The number of hydrogen-bond acceptors (Lipinski definition) is 4. The molecule has 4 aliphatic rings. The molecular weight excluding hydrogens is 360 g/mol. The van der Waals surface area contributed by atoms with E-state index in [9.17, 15) is 4.79 Å². The number of carbonyl (C=O) groups excluding carboxylic acids is 1. The Morgan fingerprint density at radius 1 is 1.26 bits per heavy atom. The molecule has 6 heteroatoms. The van der Waals surface area contributed by atoms with Gasteiger partial charge in [0.15, 0.2) is 10.7 Å². The van der Waals surface area contributed by atoms with Crippen LogP contribution in [0, 0.1) is 17.8 Å². The van der Waals surface area contributed by atoms with Crippen LogP contribution < -0.4 is 15.4 Å². The predicted octanol–water partition coefficient (Wildman–Crippen LogP) is 2.37. The van der Waals surface area contributed by atoms with Gasteiger partial charge in [0.2, 0.25) is 0 Å². The number of benzene rings is 1. The minimum Gasteiger partial charge on any atom is -0.483 e. The molecule has 1 saturated heterocycles. The summed E-state index contributed by atoms with van der Waals surface area (Å²) in [5.74, 6) is 7.69. The molecular formula is C21H22N2O3S. The van der Waals surface area contributed by atoms with Crippen LogP contribution in [0.5, 0.6) is 5.75 Å². The van der Waals surface area contributed by atoms with Gasteiger partial charge in [-0.25, -0.2) is 0 Å². The van der Waals surface area contributed by atoms with E-state index < -0.39 is 11.1 Å². The topological polar surface area (TPSA) is 59.6 Å². The van der Waals surface area contributed by atoms with Crippen molar-refractivity contribution in [2.75, 3.05) is 7.11 Å². The number of thiocarbonyl (C=S) groups is 1. The van der Waals surface area contributed by atoms with Crippen LogP contribution in [0.2, 0.25) is 0 Å². The van der Waals surface area contributed by atoms with Crippen LogP contribution in [0.3, 0.4) is 0 Å². The fourth-order valence-corrected chi connectivity index (χ4v) is 4.92. The summed E-state index contributed by atoms with van der Waals surface area (Å²) < 4.78 is 12.0. The lowest BCUT2D eigenvalue weighted by atomic mass is 9.68. The first kappa shape index (κ1) is 17.0. The van der Waals surface area contributed by atoms with Crippen LogP contribution in [0.15, 0.2) is 18.2 Å². The molecule has 1 aromatic carbocycles.